The summed E-state index contributed by atoms with van der Waals surface area (Å²) in [4.78, 5) is 34.3. The molecule has 1 aliphatic heterocycles. The maximum Gasteiger partial charge on any atom is 0.287 e. The number of carbonyl (C=O) groups is 1. The van der Waals surface area contributed by atoms with E-state index in [-0.39, 0.29) is 17.6 Å². The number of carbonyl (C=O) groups excluding carboxylic acids is 1. The molecule has 40 heavy (non-hydrogen) atoms. The molecule has 202 valence electrons. The van der Waals surface area contributed by atoms with Gasteiger partial charge >= 0.3 is 0 Å². The van der Waals surface area contributed by atoms with Crippen molar-refractivity contribution in [2.75, 3.05) is 18.5 Å². The molecule has 1 aliphatic rings. The number of pyridine rings is 1. The number of nitrogens with zero attached hydrogens (tertiary/aromatic N) is 4. The van der Waals surface area contributed by atoms with E-state index in [2.05, 4.69) is 20.6 Å². The highest BCUT2D eigenvalue weighted by Gasteiger charge is 2.21. The van der Waals surface area contributed by atoms with Gasteiger partial charge in [-0.3, -0.25) is 9.59 Å². The Hall–Kier alpha value is -4.72. The molecule has 0 saturated carbocycles. The van der Waals surface area contributed by atoms with Crippen LogP contribution in [0.2, 0.25) is 5.02 Å². The molecule has 1 saturated heterocycles. The fraction of sp³-hybridized carbons (Fsp3) is 0.207. The Bertz CT molecular complexity index is 1580. The van der Waals surface area contributed by atoms with E-state index >= 15 is 0 Å². The molecule has 2 N–H and O–H groups in total. The SMILES string of the molecule is N#Cc1ccc(Oc2ccc(Nc3nc(=O)c(C(=O)NC4CCOCC4)cn3Cc3ccc(Cl)cc3)cc2)nc1. The average molecular weight is 557 g/mol. The third-order valence-corrected chi connectivity index (χ3v) is 6.51. The van der Waals surface area contributed by atoms with E-state index in [4.69, 9.17) is 26.3 Å². The lowest BCUT2D eigenvalue weighted by Crippen LogP contribution is -2.41. The smallest absolute Gasteiger partial charge is 0.287 e. The zero-order chi connectivity index (χ0) is 27.9. The van der Waals surface area contributed by atoms with Gasteiger partial charge in [-0.1, -0.05) is 23.7 Å². The van der Waals surface area contributed by atoms with Crippen molar-refractivity contribution >= 4 is 29.1 Å². The van der Waals surface area contributed by atoms with Crippen molar-refractivity contribution in [1.29, 1.82) is 5.26 Å². The van der Waals surface area contributed by atoms with Crippen molar-refractivity contribution in [3.8, 4) is 17.7 Å². The van der Waals surface area contributed by atoms with Crippen molar-refractivity contribution in [2.24, 2.45) is 0 Å². The van der Waals surface area contributed by atoms with E-state index in [0.29, 0.717) is 60.5 Å². The summed E-state index contributed by atoms with van der Waals surface area (Å²) in [6.07, 6.45) is 4.34. The Kier molecular flexibility index (Phi) is 8.35. The molecule has 3 heterocycles. The summed E-state index contributed by atoms with van der Waals surface area (Å²) >= 11 is 6.05. The van der Waals surface area contributed by atoms with Crippen LogP contribution in [0.3, 0.4) is 0 Å². The molecule has 5 rings (SSSR count). The summed E-state index contributed by atoms with van der Waals surface area (Å²) in [5.74, 6) is 0.700. The molecule has 0 unspecified atom stereocenters. The summed E-state index contributed by atoms with van der Waals surface area (Å²) in [6.45, 7) is 1.48. The van der Waals surface area contributed by atoms with Gasteiger partial charge in [0, 0.05) is 48.4 Å². The van der Waals surface area contributed by atoms with Gasteiger partial charge in [0.15, 0.2) is 0 Å². The van der Waals surface area contributed by atoms with Crippen LogP contribution in [-0.4, -0.2) is 39.7 Å². The van der Waals surface area contributed by atoms with Gasteiger partial charge < -0.3 is 24.7 Å². The Morgan fingerprint density at radius 1 is 1.10 bits per heavy atom. The summed E-state index contributed by atoms with van der Waals surface area (Å²) < 4.78 is 12.8. The molecule has 11 heteroatoms. The van der Waals surface area contributed by atoms with Crippen molar-refractivity contribution in [3.05, 3.63) is 105 Å². The number of anilines is 2. The predicted octanol–water partition coefficient (Wildman–Crippen LogP) is 4.66. The number of amides is 1. The van der Waals surface area contributed by atoms with Crippen LogP contribution in [0.4, 0.5) is 11.6 Å². The van der Waals surface area contributed by atoms with E-state index in [1.54, 1.807) is 53.1 Å². The van der Waals surface area contributed by atoms with Crippen LogP contribution >= 0.6 is 11.6 Å². The molecular weight excluding hydrogens is 532 g/mol. The van der Waals surface area contributed by atoms with E-state index in [9.17, 15) is 9.59 Å². The van der Waals surface area contributed by atoms with Gasteiger partial charge in [0.25, 0.3) is 11.5 Å². The number of hydrogen-bond acceptors (Lipinski definition) is 8. The maximum absolute atomic E-state index is 13.0. The van der Waals surface area contributed by atoms with Crippen molar-refractivity contribution < 1.29 is 14.3 Å². The third kappa shape index (κ3) is 6.83. The third-order valence-electron chi connectivity index (χ3n) is 6.26. The minimum absolute atomic E-state index is 0.0373. The second-order valence-electron chi connectivity index (χ2n) is 9.15. The first-order valence-corrected chi connectivity index (χ1v) is 13.0. The van der Waals surface area contributed by atoms with E-state index in [0.717, 1.165) is 5.56 Å². The molecule has 4 aromatic rings. The van der Waals surface area contributed by atoms with Crippen molar-refractivity contribution in [2.45, 2.75) is 25.4 Å². The van der Waals surface area contributed by atoms with Gasteiger partial charge in [0.1, 0.15) is 17.4 Å². The Morgan fingerprint density at radius 2 is 1.85 bits per heavy atom. The number of nitriles is 1. The normalized spacial score (nSPS) is 13.3. The Morgan fingerprint density at radius 3 is 2.52 bits per heavy atom. The quantitative estimate of drug-likeness (QED) is 0.320. The molecule has 0 aliphatic carbocycles. The first-order valence-electron chi connectivity index (χ1n) is 12.6. The van der Waals surface area contributed by atoms with Gasteiger partial charge in [0.2, 0.25) is 11.8 Å². The molecule has 0 radical (unpaired) electrons. The topological polar surface area (TPSA) is 131 Å². The monoisotopic (exact) mass is 556 g/mol. The summed E-state index contributed by atoms with van der Waals surface area (Å²) in [6, 6.07) is 19.5. The number of aromatic nitrogens is 3. The Balaban J connectivity index is 1.37. The number of rotatable bonds is 8. The van der Waals surface area contributed by atoms with Crippen LogP contribution < -0.4 is 20.9 Å². The molecule has 2 aromatic carbocycles. The number of hydrogen-bond donors (Lipinski definition) is 2. The molecule has 1 amide bonds. The van der Waals surface area contributed by atoms with Crippen LogP contribution in [0, 0.1) is 11.3 Å². The minimum Gasteiger partial charge on any atom is -0.439 e. The zero-order valence-corrected chi connectivity index (χ0v) is 22.1. The van der Waals surface area contributed by atoms with Gasteiger partial charge in [-0.15, -0.1) is 0 Å². The Labute approximate surface area is 235 Å². The van der Waals surface area contributed by atoms with Crippen LogP contribution in [0.5, 0.6) is 11.6 Å². The summed E-state index contributed by atoms with van der Waals surface area (Å²) in [5.41, 5.74) is 1.33. The van der Waals surface area contributed by atoms with Gasteiger partial charge in [-0.2, -0.15) is 10.2 Å². The molecule has 0 atom stereocenters. The molecule has 1 fully saturated rings. The lowest BCUT2D eigenvalue weighted by molar-refractivity contribution is 0.0695. The van der Waals surface area contributed by atoms with Crippen LogP contribution in [0.1, 0.15) is 34.3 Å². The number of ether oxygens (including phenoxy) is 2. The maximum atomic E-state index is 13.0. The van der Waals surface area contributed by atoms with Crippen molar-refractivity contribution in [1.82, 2.24) is 19.9 Å². The highest BCUT2D eigenvalue weighted by molar-refractivity contribution is 6.30. The van der Waals surface area contributed by atoms with Crippen LogP contribution in [0.25, 0.3) is 0 Å². The second kappa shape index (κ2) is 12.4. The average Bonchev–Trinajstić information content (AvgIpc) is 2.97. The number of nitrogens with one attached hydrogen (secondary N) is 2. The van der Waals surface area contributed by atoms with Crippen LogP contribution in [0.15, 0.2) is 77.9 Å². The molecule has 2 aromatic heterocycles. The number of halogens is 1. The fourth-order valence-corrected chi connectivity index (χ4v) is 4.25. The second-order valence-corrected chi connectivity index (χ2v) is 9.58. The summed E-state index contributed by atoms with van der Waals surface area (Å²) in [5, 5.41) is 15.6. The fourth-order valence-electron chi connectivity index (χ4n) is 4.12. The highest BCUT2D eigenvalue weighted by atomic mass is 35.5. The van der Waals surface area contributed by atoms with Crippen molar-refractivity contribution in [3.63, 3.8) is 0 Å². The van der Waals surface area contributed by atoms with E-state index in [1.807, 2.05) is 18.2 Å². The first kappa shape index (κ1) is 26.9. The van der Waals surface area contributed by atoms with Gasteiger partial charge in [0.05, 0.1) is 12.1 Å². The standard InChI is InChI=1S/C29H25ClN6O4/c30-21-4-1-19(2-5-21)17-36-18-25(27(37)33-23-11-13-39-14-12-23)28(38)35-29(36)34-22-6-8-24(9-7-22)40-26-10-3-20(15-31)16-32-26/h1-10,16,18,23H,11-14,17H2,(H,33,37)(H,34,35,38). The van der Waals surface area contributed by atoms with Crippen LogP contribution in [-0.2, 0) is 11.3 Å². The van der Waals surface area contributed by atoms with E-state index < -0.39 is 11.5 Å². The van der Waals surface area contributed by atoms with Gasteiger partial charge in [-0.05, 0) is 60.9 Å². The van der Waals surface area contributed by atoms with Gasteiger partial charge in [-0.25, -0.2) is 4.98 Å². The number of benzene rings is 2. The van der Waals surface area contributed by atoms with E-state index in [1.165, 1.54) is 12.4 Å². The predicted molar refractivity (Wildman–Crippen MR) is 149 cm³/mol. The summed E-state index contributed by atoms with van der Waals surface area (Å²) in [7, 11) is 0. The largest absolute Gasteiger partial charge is 0.439 e. The first-order chi connectivity index (χ1) is 19.5. The lowest BCUT2D eigenvalue weighted by Gasteiger charge is -2.23. The molecule has 0 bridgehead atoms. The molecular formula is C29H25ClN6O4. The highest BCUT2D eigenvalue weighted by Crippen LogP contribution is 2.23. The lowest BCUT2D eigenvalue weighted by atomic mass is 10.1. The zero-order valence-electron chi connectivity index (χ0n) is 21.3. The molecule has 10 nitrogen and oxygen atoms in total. The minimum atomic E-state index is -0.633. The molecule has 0 spiro atoms.